The number of hydrogen-bond acceptors (Lipinski definition) is 6. The molecule has 0 atom stereocenters. The number of amides is 2. The smallest absolute Gasteiger partial charge is 0.344 e. The number of carbonyl (C=O) groups excluding carboxylic acids is 3. The Bertz CT molecular complexity index is 1560. The molecule has 1 heterocycles. The highest BCUT2D eigenvalue weighted by Crippen LogP contribution is 2.36. The second-order valence-corrected chi connectivity index (χ2v) is 10.1. The molecule has 0 saturated carbocycles. The Hall–Kier alpha value is -3.88. The van der Waals surface area contributed by atoms with Crippen LogP contribution in [0.5, 0.6) is 11.5 Å². The molecule has 1 aliphatic rings. The van der Waals surface area contributed by atoms with Crippen molar-refractivity contribution in [1.29, 1.82) is 0 Å². The number of nitrogens with zero attached hydrogens (tertiary/aromatic N) is 1. The number of imide groups is 1. The monoisotopic (exact) mass is 573 g/mol. The number of methoxy groups -OCH3 is 1. The standard InChI is InChI=1S/C29H20BrNO5S/c1-35-25-15-19(16-26-27(32)31(29(34)37-26)17-18-9-12-21(30)13-10-18)11-14-24(25)36-28(33)23-8-4-6-20-5-2-3-7-22(20)23/h2-16H,17H2,1H3/b26-16-. The third-order valence-corrected chi connectivity index (χ3v) is 7.26. The van der Waals surface area contributed by atoms with Crippen LogP contribution in [-0.4, -0.2) is 29.1 Å². The number of ether oxygens (including phenoxy) is 2. The number of halogens is 1. The molecule has 1 aliphatic heterocycles. The molecule has 8 heteroatoms. The van der Waals surface area contributed by atoms with Crippen LogP contribution in [0.25, 0.3) is 16.8 Å². The van der Waals surface area contributed by atoms with Crippen LogP contribution in [0.15, 0.2) is 94.3 Å². The van der Waals surface area contributed by atoms with Crippen LogP contribution in [0, 0.1) is 0 Å². The molecule has 0 radical (unpaired) electrons. The van der Waals surface area contributed by atoms with Crippen molar-refractivity contribution in [2.75, 3.05) is 7.11 Å². The topological polar surface area (TPSA) is 72.9 Å². The number of fused-ring (bicyclic) bond motifs is 1. The summed E-state index contributed by atoms with van der Waals surface area (Å²) in [6, 6.07) is 25.5. The summed E-state index contributed by atoms with van der Waals surface area (Å²) >= 11 is 4.27. The van der Waals surface area contributed by atoms with Gasteiger partial charge in [-0.2, -0.15) is 0 Å². The molecule has 2 amide bonds. The van der Waals surface area contributed by atoms with Crippen molar-refractivity contribution >= 4 is 61.7 Å². The van der Waals surface area contributed by atoms with Gasteiger partial charge in [0.05, 0.1) is 24.1 Å². The number of thioether (sulfide) groups is 1. The van der Waals surface area contributed by atoms with Crippen molar-refractivity contribution in [2.45, 2.75) is 6.54 Å². The lowest BCUT2D eigenvalue weighted by Crippen LogP contribution is -2.27. The zero-order valence-electron chi connectivity index (χ0n) is 19.6. The number of rotatable bonds is 6. The highest BCUT2D eigenvalue weighted by atomic mass is 79.9. The van der Waals surface area contributed by atoms with Crippen LogP contribution in [0.1, 0.15) is 21.5 Å². The van der Waals surface area contributed by atoms with E-state index in [1.807, 2.05) is 60.7 Å². The largest absolute Gasteiger partial charge is 0.493 e. The molecular formula is C29H20BrNO5S. The molecule has 0 bridgehead atoms. The van der Waals surface area contributed by atoms with Crippen LogP contribution < -0.4 is 9.47 Å². The average Bonchev–Trinajstić information content (AvgIpc) is 3.17. The van der Waals surface area contributed by atoms with E-state index >= 15 is 0 Å². The minimum atomic E-state index is -0.503. The summed E-state index contributed by atoms with van der Waals surface area (Å²) < 4.78 is 12.0. The Labute approximate surface area is 226 Å². The van der Waals surface area contributed by atoms with E-state index in [1.54, 1.807) is 30.3 Å². The predicted molar refractivity (Wildman–Crippen MR) is 148 cm³/mol. The van der Waals surface area contributed by atoms with Gasteiger partial charge in [-0.05, 0) is 70.1 Å². The third-order valence-electron chi connectivity index (χ3n) is 5.83. The summed E-state index contributed by atoms with van der Waals surface area (Å²) in [4.78, 5) is 39.9. The van der Waals surface area contributed by atoms with Crippen molar-refractivity contribution in [1.82, 2.24) is 4.90 Å². The van der Waals surface area contributed by atoms with Crippen LogP contribution in [0.2, 0.25) is 0 Å². The second-order valence-electron chi connectivity index (χ2n) is 8.22. The van der Waals surface area contributed by atoms with Crippen molar-refractivity contribution in [3.63, 3.8) is 0 Å². The van der Waals surface area contributed by atoms with E-state index < -0.39 is 5.97 Å². The highest BCUT2D eigenvalue weighted by Gasteiger charge is 2.35. The molecule has 37 heavy (non-hydrogen) atoms. The quantitative estimate of drug-likeness (QED) is 0.139. The zero-order valence-corrected chi connectivity index (χ0v) is 22.0. The van der Waals surface area contributed by atoms with E-state index in [1.165, 1.54) is 12.0 Å². The van der Waals surface area contributed by atoms with Gasteiger partial charge in [0.15, 0.2) is 11.5 Å². The molecule has 1 fully saturated rings. The molecular weight excluding hydrogens is 554 g/mol. The maximum Gasteiger partial charge on any atom is 0.344 e. The second kappa shape index (κ2) is 10.6. The fourth-order valence-corrected chi connectivity index (χ4v) is 5.08. The Morgan fingerprint density at radius 1 is 0.946 bits per heavy atom. The van der Waals surface area contributed by atoms with Crippen LogP contribution in [0.4, 0.5) is 4.79 Å². The van der Waals surface area contributed by atoms with Gasteiger partial charge in [-0.25, -0.2) is 4.79 Å². The SMILES string of the molecule is COc1cc(/C=C2\SC(=O)N(Cc3ccc(Br)cc3)C2=O)ccc1OC(=O)c1cccc2ccccc12. The van der Waals surface area contributed by atoms with E-state index in [9.17, 15) is 14.4 Å². The molecule has 0 aliphatic carbocycles. The maximum atomic E-state index is 13.0. The first-order valence-electron chi connectivity index (χ1n) is 11.3. The van der Waals surface area contributed by atoms with Gasteiger partial charge in [-0.1, -0.05) is 70.5 Å². The van der Waals surface area contributed by atoms with E-state index in [4.69, 9.17) is 9.47 Å². The summed E-state index contributed by atoms with van der Waals surface area (Å²) in [5.41, 5.74) is 1.94. The van der Waals surface area contributed by atoms with Crippen LogP contribution >= 0.6 is 27.7 Å². The van der Waals surface area contributed by atoms with Crippen molar-refractivity contribution in [3.8, 4) is 11.5 Å². The van der Waals surface area contributed by atoms with Crippen molar-refractivity contribution in [3.05, 3.63) is 111 Å². The first kappa shape index (κ1) is 24.8. The fraction of sp³-hybridized carbons (Fsp3) is 0.0690. The Balaban J connectivity index is 1.35. The van der Waals surface area contributed by atoms with E-state index in [0.717, 1.165) is 32.6 Å². The molecule has 5 rings (SSSR count). The normalized spacial score (nSPS) is 14.4. The Morgan fingerprint density at radius 3 is 2.49 bits per heavy atom. The van der Waals surface area contributed by atoms with Gasteiger partial charge in [-0.15, -0.1) is 0 Å². The summed E-state index contributed by atoms with van der Waals surface area (Å²) in [5, 5.41) is 1.41. The van der Waals surface area contributed by atoms with E-state index in [-0.39, 0.29) is 23.4 Å². The number of esters is 1. The molecule has 184 valence electrons. The molecule has 0 spiro atoms. The molecule has 1 saturated heterocycles. The minimum Gasteiger partial charge on any atom is -0.493 e. The van der Waals surface area contributed by atoms with E-state index in [0.29, 0.717) is 21.8 Å². The number of benzene rings is 4. The number of carbonyl (C=O) groups is 3. The highest BCUT2D eigenvalue weighted by molar-refractivity contribution is 9.10. The van der Waals surface area contributed by atoms with Gasteiger partial charge < -0.3 is 9.47 Å². The van der Waals surface area contributed by atoms with Gasteiger partial charge in [-0.3, -0.25) is 14.5 Å². The molecule has 4 aromatic rings. The van der Waals surface area contributed by atoms with Gasteiger partial charge in [0, 0.05) is 4.47 Å². The molecule has 0 aromatic heterocycles. The molecule has 0 N–H and O–H groups in total. The number of hydrogen-bond donors (Lipinski definition) is 0. The Kier molecular flexibility index (Phi) is 7.12. The summed E-state index contributed by atoms with van der Waals surface area (Å²) in [6.45, 7) is 0.196. The van der Waals surface area contributed by atoms with Crippen molar-refractivity contribution < 1.29 is 23.9 Å². The average molecular weight is 574 g/mol. The zero-order chi connectivity index (χ0) is 25.9. The van der Waals surface area contributed by atoms with E-state index in [2.05, 4.69) is 15.9 Å². The summed E-state index contributed by atoms with van der Waals surface area (Å²) in [6.07, 6.45) is 1.63. The van der Waals surface area contributed by atoms with Crippen LogP contribution in [0.3, 0.4) is 0 Å². The van der Waals surface area contributed by atoms with Crippen LogP contribution in [-0.2, 0) is 11.3 Å². The first-order valence-corrected chi connectivity index (χ1v) is 12.9. The van der Waals surface area contributed by atoms with Crippen molar-refractivity contribution in [2.24, 2.45) is 0 Å². The molecule has 4 aromatic carbocycles. The lowest BCUT2D eigenvalue weighted by Gasteiger charge is -2.12. The molecule has 0 unspecified atom stereocenters. The van der Waals surface area contributed by atoms with Gasteiger partial charge in [0.2, 0.25) is 0 Å². The van der Waals surface area contributed by atoms with Gasteiger partial charge in [0.25, 0.3) is 11.1 Å². The minimum absolute atomic E-state index is 0.196. The third kappa shape index (κ3) is 5.30. The van der Waals surface area contributed by atoms with Gasteiger partial charge >= 0.3 is 5.97 Å². The lowest BCUT2D eigenvalue weighted by molar-refractivity contribution is -0.123. The summed E-state index contributed by atoms with van der Waals surface area (Å²) in [7, 11) is 1.47. The Morgan fingerprint density at radius 2 is 1.70 bits per heavy atom. The van der Waals surface area contributed by atoms with Gasteiger partial charge in [0.1, 0.15) is 0 Å². The maximum absolute atomic E-state index is 13.0. The summed E-state index contributed by atoms with van der Waals surface area (Å²) in [5.74, 6) is -0.280. The first-order chi connectivity index (χ1) is 17.9. The lowest BCUT2D eigenvalue weighted by atomic mass is 10.0. The predicted octanol–water partition coefficient (Wildman–Crippen LogP) is 7.07. The fourth-order valence-electron chi connectivity index (χ4n) is 3.98. The molecule has 6 nitrogen and oxygen atoms in total.